The molecule has 0 bridgehead atoms. The van der Waals surface area contributed by atoms with Crippen LogP contribution in [0.25, 0.3) is 0 Å². The Morgan fingerprint density at radius 2 is 1.90 bits per heavy atom. The quantitative estimate of drug-likeness (QED) is 0.811. The molecule has 1 fully saturated rings. The molecule has 1 aliphatic rings. The predicted molar refractivity (Wildman–Crippen MR) is 88.9 cm³/mol. The van der Waals surface area contributed by atoms with Crippen molar-refractivity contribution in [3.63, 3.8) is 0 Å². The molecule has 1 amide bonds. The number of carbonyl (C=O) groups excluding carboxylic acids is 1. The van der Waals surface area contributed by atoms with Crippen LogP contribution in [0, 0.1) is 0 Å². The molecule has 1 aromatic rings. The van der Waals surface area contributed by atoms with Crippen LogP contribution in [0.2, 0.25) is 0 Å². The Morgan fingerprint density at radius 1 is 1.24 bits per heavy atom. The molecule has 21 heavy (non-hydrogen) atoms. The number of carbonyl (C=O) groups is 1. The summed E-state index contributed by atoms with van der Waals surface area (Å²) in [6, 6.07) is 8.78. The van der Waals surface area contributed by atoms with Crippen LogP contribution in [-0.2, 0) is 4.79 Å². The molecule has 0 aliphatic carbocycles. The van der Waals surface area contributed by atoms with E-state index >= 15 is 0 Å². The normalized spacial score (nSPS) is 15.8. The first-order valence-electron chi connectivity index (χ1n) is 8.07. The van der Waals surface area contributed by atoms with Crippen molar-refractivity contribution in [1.29, 1.82) is 0 Å². The minimum Gasteiger partial charge on any atom is -0.385 e. The molecule has 0 saturated carbocycles. The van der Waals surface area contributed by atoms with Gasteiger partial charge in [-0.3, -0.25) is 4.79 Å². The molecule has 4 nitrogen and oxygen atoms in total. The van der Waals surface area contributed by atoms with E-state index in [1.165, 1.54) is 31.6 Å². The van der Waals surface area contributed by atoms with Crippen LogP contribution < -0.4 is 15.5 Å². The molecule has 0 aromatic heterocycles. The Morgan fingerprint density at radius 3 is 2.52 bits per heavy atom. The molecule has 4 heteroatoms. The lowest BCUT2D eigenvalue weighted by Gasteiger charge is -2.18. The number of benzene rings is 1. The summed E-state index contributed by atoms with van der Waals surface area (Å²) in [5.41, 5.74) is 2.38. The molecule has 1 atom stereocenters. The van der Waals surface area contributed by atoms with Crippen LogP contribution in [-0.4, -0.2) is 31.6 Å². The fourth-order valence-electron chi connectivity index (χ4n) is 2.53. The molecule has 2 N–H and O–H groups in total. The van der Waals surface area contributed by atoms with Gasteiger partial charge in [-0.1, -0.05) is 6.92 Å². The van der Waals surface area contributed by atoms with E-state index in [4.69, 9.17) is 0 Å². The van der Waals surface area contributed by atoms with E-state index in [1.807, 2.05) is 6.92 Å². The maximum Gasteiger partial charge on any atom is 0.221 e. The van der Waals surface area contributed by atoms with Gasteiger partial charge in [0.1, 0.15) is 0 Å². The Kier molecular flexibility index (Phi) is 5.90. The second kappa shape index (κ2) is 7.91. The van der Waals surface area contributed by atoms with Gasteiger partial charge in [0, 0.05) is 43.5 Å². The Labute approximate surface area is 127 Å². The zero-order valence-electron chi connectivity index (χ0n) is 13.2. The Balaban J connectivity index is 1.72. The summed E-state index contributed by atoms with van der Waals surface area (Å²) >= 11 is 0. The lowest BCUT2D eigenvalue weighted by atomic mass is 10.2. The third-order valence-electron chi connectivity index (χ3n) is 4.04. The van der Waals surface area contributed by atoms with Gasteiger partial charge in [0.2, 0.25) is 5.91 Å². The van der Waals surface area contributed by atoms with Crippen LogP contribution in [0.1, 0.15) is 39.5 Å². The number of amides is 1. The lowest BCUT2D eigenvalue weighted by molar-refractivity contribution is -0.121. The van der Waals surface area contributed by atoms with Crippen LogP contribution in [0.4, 0.5) is 11.4 Å². The van der Waals surface area contributed by atoms with E-state index in [-0.39, 0.29) is 11.9 Å². The highest BCUT2D eigenvalue weighted by Crippen LogP contribution is 2.21. The zero-order chi connectivity index (χ0) is 15.1. The van der Waals surface area contributed by atoms with Crippen molar-refractivity contribution in [2.75, 3.05) is 29.9 Å². The van der Waals surface area contributed by atoms with Gasteiger partial charge in [-0.25, -0.2) is 0 Å². The number of hydrogen-bond donors (Lipinski definition) is 2. The molecule has 0 spiro atoms. The zero-order valence-corrected chi connectivity index (χ0v) is 13.2. The molecule has 1 heterocycles. The van der Waals surface area contributed by atoms with Crippen molar-refractivity contribution in [2.45, 2.75) is 45.6 Å². The SMILES string of the molecule is CCC(C)NC(=O)CCNc1ccc(N2CCCC2)cc1. The number of nitrogens with zero attached hydrogens (tertiary/aromatic N) is 1. The Hall–Kier alpha value is -1.71. The highest BCUT2D eigenvalue weighted by molar-refractivity contribution is 5.76. The predicted octanol–water partition coefficient (Wildman–Crippen LogP) is 3.00. The third-order valence-corrected chi connectivity index (χ3v) is 4.04. The summed E-state index contributed by atoms with van der Waals surface area (Å²) in [6.07, 6.45) is 4.08. The number of nitrogens with one attached hydrogen (secondary N) is 2. The molecular formula is C17H27N3O. The van der Waals surface area contributed by atoms with Gasteiger partial charge >= 0.3 is 0 Å². The first kappa shape index (κ1) is 15.7. The smallest absolute Gasteiger partial charge is 0.221 e. The van der Waals surface area contributed by atoms with Crippen molar-refractivity contribution in [1.82, 2.24) is 5.32 Å². The van der Waals surface area contributed by atoms with Gasteiger partial charge in [-0.2, -0.15) is 0 Å². The van der Waals surface area contributed by atoms with E-state index in [2.05, 4.69) is 46.7 Å². The topological polar surface area (TPSA) is 44.4 Å². The van der Waals surface area contributed by atoms with Gasteiger partial charge in [0.05, 0.1) is 0 Å². The molecule has 1 saturated heterocycles. The summed E-state index contributed by atoms with van der Waals surface area (Å²) in [5.74, 6) is 0.116. The third kappa shape index (κ3) is 4.96. The molecule has 0 radical (unpaired) electrons. The van der Waals surface area contributed by atoms with Crippen LogP contribution in [0.15, 0.2) is 24.3 Å². The van der Waals surface area contributed by atoms with E-state index in [0.29, 0.717) is 13.0 Å². The number of hydrogen-bond acceptors (Lipinski definition) is 3. The Bertz CT molecular complexity index is 438. The highest BCUT2D eigenvalue weighted by atomic mass is 16.1. The summed E-state index contributed by atoms with van der Waals surface area (Å²) in [5, 5.41) is 6.28. The molecule has 116 valence electrons. The summed E-state index contributed by atoms with van der Waals surface area (Å²) < 4.78 is 0. The van der Waals surface area contributed by atoms with Crippen molar-refractivity contribution in [2.24, 2.45) is 0 Å². The fourth-order valence-corrected chi connectivity index (χ4v) is 2.53. The largest absolute Gasteiger partial charge is 0.385 e. The maximum atomic E-state index is 11.7. The first-order valence-corrected chi connectivity index (χ1v) is 8.07. The van der Waals surface area contributed by atoms with Crippen molar-refractivity contribution in [3.8, 4) is 0 Å². The van der Waals surface area contributed by atoms with Gasteiger partial charge in [-0.15, -0.1) is 0 Å². The minimum absolute atomic E-state index is 0.116. The summed E-state index contributed by atoms with van der Waals surface area (Å²) in [4.78, 5) is 14.1. The molecule has 1 aromatic carbocycles. The van der Waals surface area contributed by atoms with Crippen LogP contribution in [0.5, 0.6) is 0 Å². The average Bonchev–Trinajstić information content (AvgIpc) is 3.02. The average molecular weight is 289 g/mol. The van der Waals surface area contributed by atoms with Gasteiger partial charge in [-0.05, 0) is 50.5 Å². The van der Waals surface area contributed by atoms with Crippen LogP contribution >= 0.6 is 0 Å². The summed E-state index contributed by atoms with van der Waals surface area (Å²) in [6.45, 7) is 7.12. The van der Waals surface area contributed by atoms with E-state index in [9.17, 15) is 4.79 Å². The summed E-state index contributed by atoms with van der Waals surface area (Å²) in [7, 11) is 0. The number of anilines is 2. The fraction of sp³-hybridized carbons (Fsp3) is 0.588. The minimum atomic E-state index is 0.116. The maximum absolute atomic E-state index is 11.7. The van der Waals surface area contributed by atoms with Gasteiger partial charge < -0.3 is 15.5 Å². The monoisotopic (exact) mass is 289 g/mol. The van der Waals surface area contributed by atoms with Crippen molar-refractivity contribution in [3.05, 3.63) is 24.3 Å². The second-order valence-electron chi connectivity index (χ2n) is 5.79. The van der Waals surface area contributed by atoms with Crippen molar-refractivity contribution < 1.29 is 4.79 Å². The second-order valence-corrected chi connectivity index (χ2v) is 5.79. The van der Waals surface area contributed by atoms with Crippen LogP contribution in [0.3, 0.4) is 0 Å². The number of rotatable bonds is 7. The molecular weight excluding hydrogens is 262 g/mol. The van der Waals surface area contributed by atoms with Gasteiger partial charge in [0.15, 0.2) is 0 Å². The molecule has 1 aliphatic heterocycles. The highest BCUT2D eigenvalue weighted by Gasteiger charge is 2.11. The van der Waals surface area contributed by atoms with Crippen molar-refractivity contribution >= 4 is 17.3 Å². The van der Waals surface area contributed by atoms with Gasteiger partial charge in [0.25, 0.3) is 0 Å². The van der Waals surface area contributed by atoms with E-state index < -0.39 is 0 Å². The standard InChI is InChI=1S/C17H27N3O/c1-3-14(2)19-17(21)10-11-18-15-6-8-16(9-7-15)20-12-4-5-13-20/h6-9,14,18H,3-5,10-13H2,1-2H3,(H,19,21). The lowest BCUT2D eigenvalue weighted by Crippen LogP contribution is -2.32. The van der Waals surface area contributed by atoms with E-state index in [0.717, 1.165) is 12.1 Å². The molecule has 2 rings (SSSR count). The van der Waals surface area contributed by atoms with E-state index in [1.54, 1.807) is 0 Å². The first-order chi connectivity index (χ1) is 10.2. The molecule has 1 unspecified atom stereocenters.